The van der Waals surface area contributed by atoms with E-state index in [-0.39, 0.29) is 23.9 Å². The molecule has 21 heavy (non-hydrogen) atoms. The van der Waals surface area contributed by atoms with Crippen molar-refractivity contribution in [1.82, 2.24) is 15.1 Å². The van der Waals surface area contributed by atoms with Crippen LogP contribution in [0.25, 0.3) is 0 Å². The molecule has 0 aliphatic carbocycles. The quantitative estimate of drug-likeness (QED) is 0.827. The van der Waals surface area contributed by atoms with Gasteiger partial charge in [0.25, 0.3) is 0 Å². The first-order valence-corrected chi connectivity index (χ1v) is 7.66. The van der Waals surface area contributed by atoms with Gasteiger partial charge in [0.1, 0.15) is 0 Å². The third-order valence-corrected chi connectivity index (χ3v) is 4.18. The number of rotatable bonds is 4. The Balaban J connectivity index is 2.64. The zero-order valence-electron chi connectivity index (χ0n) is 13.8. The standard InChI is InChI=1S/C15H29N3O3/c1-6-17-7-8-18(10-11(17)2)14(21)16-12(9-13(19)20)15(3,4)5/h11-12H,6-10H2,1-5H3,(H,16,21)(H,19,20). The molecule has 0 saturated carbocycles. The van der Waals surface area contributed by atoms with E-state index in [1.807, 2.05) is 20.8 Å². The molecule has 0 aromatic heterocycles. The molecule has 1 saturated heterocycles. The van der Waals surface area contributed by atoms with Crippen molar-refractivity contribution in [2.24, 2.45) is 5.41 Å². The normalized spacial score (nSPS) is 22.0. The number of nitrogens with zero attached hydrogens (tertiary/aromatic N) is 2. The lowest BCUT2D eigenvalue weighted by Gasteiger charge is -2.40. The minimum absolute atomic E-state index is 0.0558. The number of hydrogen-bond acceptors (Lipinski definition) is 3. The average molecular weight is 299 g/mol. The Kier molecular flexibility index (Phi) is 6.01. The number of hydrogen-bond donors (Lipinski definition) is 2. The molecule has 0 radical (unpaired) electrons. The number of carbonyl (C=O) groups is 2. The molecule has 2 amide bonds. The first-order chi connectivity index (χ1) is 9.65. The van der Waals surface area contributed by atoms with Crippen molar-refractivity contribution in [2.45, 2.75) is 53.1 Å². The molecule has 1 rings (SSSR count). The highest BCUT2D eigenvalue weighted by Crippen LogP contribution is 2.22. The van der Waals surface area contributed by atoms with Crippen molar-refractivity contribution in [3.05, 3.63) is 0 Å². The van der Waals surface area contributed by atoms with Crippen LogP contribution in [0.4, 0.5) is 4.79 Å². The van der Waals surface area contributed by atoms with E-state index in [9.17, 15) is 9.59 Å². The topological polar surface area (TPSA) is 72.9 Å². The molecule has 1 heterocycles. The van der Waals surface area contributed by atoms with Crippen molar-refractivity contribution < 1.29 is 14.7 Å². The molecular weight excluding hydrogens is 270 g/mol. The first-order valence-electron chi connectivity index (χ1n) is 7.66. The van der Waals surface area contributed by atoms with Crippen LogP contribution in [0.2, 0.25) is 0 Å². The fraction of sp³-hybridized carbons (Fsp3) is 0.867. The molecule has 1 aliphatic heterocycles. The van der Waals surface area contributed by atoms with Crippen molar-refractivity contribution >= 4 is 12.0 Å². The Morgan fingerprint density at radius 1 is 1.33 bits per heavy atom. The molecule has 1 fully saturated rings. The highest BCUT2D eigenvalue weighted by atomic mass is 16.4. The summed E-state index contributed by atoms with van der Waals surface area (Å²) >= 11 is 0. The third kappa shape index (κ3) is 5.19. The summed E-state index contributed by atoms with van der Waals surface area (Å²) in [5.41, 5.74) is -0.287. The van der Waals surface area contributed by atoms with E-state index in [0.717, 1.165) is 13.1 Å². The first kappa shape index (κ1) is 17.8. The number of carbonyl (C=O) groups excluding carboxylic acids is 1. The van der Waals surface area contributed by atoms with Gasteiger partial charge >= 0.3 is 12.0 Å². The predicted molar refractivity (Wildman–Crippen MR) is 82.3 cm³/mol. The van der Waals surface area contributed by atoms with Gasteiger partial charge in [0.2, 0.25) is 0 Å². The van der Waals surface area contributed by atoms with Gasteiger partial charge in [-0.05, 0) is 18.9 Å². The van der Waals surface area contributed by atoms with Crippen LogP contribution in [0.1, 0.15) is 41.0 Å². The van der Waals surface area contributed by atoms with Crippen LogP contribution >= 0.6 is 0 Å². The Bertz CT molecular complexity index is 379. The Hall–Kier alpha value is -1.30. The largest absolute Gasteiger partial charge is 0.481 e. The molecular formula is C15H29N3O3. The van der Waals surface area contributed by atoms with Gasteiger partial charge < -0.3 is 15.3 Å². The van der Waals surface area contributed by atoms with Gasteiger partial charge in [-0.1, -0.05) is 27.7 Å². The number of nitrogens with one attached hydrogen (secondary N) is 1. The summed E-state index contributed by atoms with van der Waals surface area (Å²) in [6, 6.07) is -0.192. The molecule has 1 aliphatic rings. The van der Waals surface area contributed by atoms with E-state index >= 15 is 0 Å². The van der Waals surface area contributed by atoms with Gasteiger partial charge in [0, 0.05) is 31.7 Å². The minimum atomic E-state index is -0.889. The number of carboxylic acid groups (broad SMARTS) is 1. The molecule has 0 aromatic carbocycles. The van der Waals surface area contributed by atoms with Crippen LogP contribution in [-0.2, 0) is 4.79 Å². The molecule has 0 aromatic rings. The second-order valence-corrected chi connectivity index (χ2v) is 6.89. The summed E-state index contributed by atoms with van der Waals surface area (Å²) in [7, 11) is 0. The molecule has 2 N–H and O–H groups in total. The van der Waals surface area contributed by atoms with Crippen LogP contribution in [0.5, 0.6) is 0 Å². The van der Waals surface area contributed by atoms with Gasteiger partial charge in [0.05, 0.1) is 6.42 Å². The van der Waals surface area contributed by atoms with Crippen molar-refractivity contribution in [2.75, 3.05) is 26.2 Å². The zero-order valence-corrected chi connectivity index (χ0v) is 13.8. The van der Waals surface area contributed by atoms with Crippen molar-refractivity contribution in [1.29, 1.82) is 0 Å². The van der Waals surface area contributed by atoms with Crippen LogP contribution in [0.3, 0.4) is 0 Å². The molecule has 0 bridgehead atoms. The highest BCUT2D eigenvalue weighted by molar-refractivity contribution is 5.76. The summed E-state index contributed by atoms with van der Waals surface area (Å²) in [6.45, 7) is 13.3. The number of urea groups is 1. The van der Waals surface area contributed by atoms with Gasteiger partial charge in [-0.3, -0.25) is 9.69 Å². The Morgan fingerprint density at radius 3 is 2.38 bits per heavy atom. The van der Waals surface area contributed by atoms with Gasteiger partial charge in [-0.25, -0.2) is 4.79 Å². The number of piperazine rings is 1. The van der Waals surface area contributed by atoms with E-state index in [4.69, 9.17) is 5.11 Å². The number of carboxylic acids is 1. The van der Waals surface area contributed by atoms with Crippen LogP contribution in [0.15, 0.2) is 0 Å². The fourth-order valence-corrected chi connectivity index (χ4v) is 2.64. The maximum atomic E-state index is 12.4. The zero-order chi connectivity index (χ0) is 16.2. The van der Waals surface area contributed by atoms with Crippen LogP contribution < -0.4 is 5.32 Å². The SMILES string of the molecule is CCN1CCN(C(=O)NC(CC(=O)O)C(C)(C)C)CC1C. The minimum Gasteiger partial charge on any atom is -0.481 e. The lowest BCUT2D eigenvalue weighted by Crippen LogP contribution is -2.58. The second kappa shape index (κ2) is 7.11. The van der Waals surface area contributed by atoms with Crippen LogP contribution in [-0.4, -0.2) is 65.2 Å². The molecule has 122 valence electrons. The Morgan fingerprint density at radius 2 is 1.95 bits per heavy atom. The second-order valence-electron chi connectivity index (χ2n) is 6.89. The summed E-state index contributed by atoms with van der Waals surface area (Å²) in [5, 5.41) is 11.9. The van der Waals surface area contributed by atoms with Gasteiger partial charge in [0.15, 0.2) is 0 Å². The number of amides is 2. The fourth-order valence-electron chi connectivity index (χ4n) is 2.64. The molecule has 6 heteroatoms. The number of aliphatic carboxylic acids is 1. The molecule has 6 nitrogen and oxygen atoms in total. The van der Waals surface area contributed by atoms with E-state index in [2.05, 4.69) is 24.1 Å². The molecule has 0 spiro atoms. The van der Waals surface area contributed by atoms with E-state index in [1.165, 1.54) is 0 Å². The summed E-state index contributed by atoms with van der Waals surface area (Å²) < 4.78 is 0. The summed E-state index contributed by atoms with van der Waals surface area (Å²) in [6.07, 6.45) is -0.0558. The maximum Gasteiger partial charge on any atom is 0.317 e. The monoisotopic (exact) mass is 299 g/mol. The van der Waals surface area contributed by atoms with E-state index in [0.29, 0.717) is 19.1 Å². The molecule has 2 unspecified atom stereocenters. The average Bonchev–Trinajstić information content (AvgIpc) is 2.36. The van der Waals surface area contributed by atoms with Crippen molar-refractivity contribution in [3.8, 4) is 0 Å². The predicted octanol–water partition coefficient (Wildman–Crippen LogP) is 1.61. The van der Waals surface area contributed by atoms with Crippen LogP contribution in [0, 0.1) is 5.41 Å². The van der Waals surface area contributed by atoms with E-state index < -0.39 is 5.97 Å². The lowest BCUT2D eigenvalue weighted by molar-refractivity contribution is -0.138. The highest BCUT2D eigenvalue weighted by Gasteiger charge is 2.32. The van der Waals surface area contributed by atoms with E-state index in [1.54, 1.807) is 4.90 Å². The van der Waals surface area contributed by atoms with Gasteiger partial charge in [-0.2, -0.15) is 0 Å². The number of likely N-dealkylation sites (N-methyl/N-ethyl adjacent to an activating group) is 1. The maximum absolute atomic E-state index is 12.4. The third-order valence-electron chi connectivity index (χ3n) is 4.18. The van der Waals surface area contributed by atoms with Gasteiger partial charge in [-0.15, -0.1) is 0 Å². The molecule has 2 atom stereocenters. The van der Waals surface area contributed by atoms with Crippen molar-refractivity contribution in [3.63, 3.8) is 0 Å². The summed E-state index contributed by atoms with van der Waals surface area (Å²) in [4.78, 5) is 27.5. The lowest BCUT2D eigenvalue weighted by atomic mass is 9.85. The summed E-state index contributed by atoms with van der Waals surface area (Å²) in [5.74, 6) is -0.889. The smallest absolute Gasteiger partial charge is 0.317 e. The Labute approximate surface area is 127 Å².